The summed E-state index contributed by atoms with van der Waals surface area (Å²) in [4.78, 5) is 12.3. The molecule has 104 valence electrons. The highest BCUT2D eigenvalue weighted by Gasteiger charge is 2.27. The molecular weight excluding hydrogens is 236 g/mol. The van der Waals surface area contributed by atoms with Gasteiger partial charge in [0.05, 0.1) is 0 Å². The number of rotatable bonds is 2. The standard InChI is InChI=1S/C16H24N2O/c1-10-4-7-15(12(3)8-10)18-16(19)14-9-13(17)6-5-11(14)2/h5-6,9-10,12,15H,4,7-8,17H2,1-3H3,(H,18,19). The Kier molecular flexibility index (Phi) is 4.13. The number of nitrogens with one attached hydrogen (secondary N) is 1. The molecule has 19 heavy (non-hydrogen) atoms. The fourth-order valence-electron chi connectivity index (χ4n) is 3.01. The number of carbonyl (C=O) groups excluding carboxylic acids is 1. The van der Waals surface area contributed by atoms with Crippen LogP contribution in [0.1, 0.15) is 49.0 Å². The van der Waals surface area contributed by atoms with Crippen molar-refractivity contribution in [2.45, 2.75) is 46.1 Å². The first-order chi connectivity index (χ1) is 8.97. The Morgan fingerprint density at radius 2 is 2.05 bits per heavy atom. The maximum absolute atomic E-state index is 12.3. The second-order valence-electron chi connectivity index (χ2n) is 6.05. The lowest BCUT2D eigenvalue weighted by Gasteiger charge is -2.33. The van der Waals surface area contributed by atoms with E-state index in [9.17, 15) is 4.79 Å². The van der Waals surface area contributed by atoms with Gasteiger partial charge in [0, 0.05) is 17.3 Å². The highest BCUT2D eigenvalue weighted by atomic mass is 16.1. The van der Waals surface area contributed by atoms with E-state index in [0.29, 0.717) is 23.2 Å². The van der Waals surface area contributed by atoms with Crippen molar-refractivity contribution in [1.29, 1.82) is 0 Å². The van der Waals surface area contributed by atoms with Crippen molar-refractivity contribution in [2.75, 3.05) is 5.73 Å². The second kappa shape index (κ2) is 5.64. The van der Waals surface area contributed by atoms with Crippen LogP contribution in [0.3, 0.4) is 0 Å². The smallest absolute Gasteiger partial charge is 0.251 e. The molecule has 3 atom stereocenters. The van der Waals surface area contributed by atoms with Crippen molar-refractivity contribution in [3.05, 3.63) is 29.3 Å². The van der Waals surface area contributed by atoms with Crippen molar-refractivity contribution < 1.29 is 4.79 Å². The monoisotopic (exact) mass is 260 g/mol. The largest absolute Gasteiger partial charge is 0.399 e. The zero-order valence-electron chi connectivity index (χ0n) is 12.1. The van der Waals surface area contributed by atoms with Gasteiger partial charge in [0.1, 0.15) is 0 Å². The summed E-state index contributed by atoms with van der Waals surface area (Å²) < 4.78 is 0. The average Bonchev–Trinajstić information content (AvgIpc) is 2.35. The highest BCUT2D eigenvalue weighted by molar-refractivity contribution is 5.96. The number of carbonyl (C=O) groups is 1. The predicted molar refractivity (Wildman–Crippen MR) is 79.0 cm³/mol. The number of hydrogen-bond acceptors (Lipinski definition) is 2. The maximum atomic E-state index is 12.3. The van der Waals surface area contributed by atoms with Crippen LogP contribution in [0.15, 0.2) is 18.2 Å². The summed E-state index contributed by atoms with van der Waals surface area (Å²) in [5, 5.41) is 3.18. The zero-order valence-corrected chi connectivity index (χ0v) is 12.1. The number of benzene rings is 1. The molecule has 2 rings (SSSR count). The summed E-state index contributed by atoms with van der Waals surface area (Å²) in [5.41, 5.74) is 8.08. The first kappa shape index (κ1) is 13.9. The van der Waals surface area contributed by atoms with Crippen molar-refractivity contribution in [3.8, 4) is 0 Å². The summed E-state index contributed by atoms with van der Waals surface area (Å²) in [6, 6.07) is 5.79. The average molecular weight is 260 g/mol. The number of anilines is 1. The molecule has 1 aliphatic rings. The molecule has 3 heteroatoms. The Morgan fingerprint density at radius 1 is 1.32 bits per heavy atom. The second-order valence-corrected chi connectivity index (χ2v) is 6.05. The minimum Gasteiger partial charge on any atom is -0.399 e. The Balaban J connectivity index is 2.06. The van der Waals surface area contributed by atoms with Crippen LogP contribution < -0.4 is 11.1 Å². The molecule has 0 bridgehead atoms. The SMILES string of the molecule is Cc1ccc(N)cc1C(=O)NC1CCC(C)CC1C. The molecule has 0 aromatic heterocycles. The van der Waals surface area contributed by atoms with Gasteiger partial charge in [0.15, 0.2) is 0 Å². The molecule has 1 aromatic rings. The summed E-state index contributed by atoms with van der Waals surface area (Å²) in [5.74, 6) is 1.34. The van der Waals surface area contributed by atoms with Crippen molar-refractivity contribution >= 4 is 11.6 Å². The lowest BCUT2D eigenvalue weighted by atomic mass is 9.80. The topological polar surface area (TPSA) is 55.1 Å². The van der Waals surface area contributed by atoms with E-state index in [0.717, 1.165) is 17.9 Å². The van der Waals surface area contributed by atoms with E-state index in [-0.39, 0.29) is 5.91 Å². The first-order valence-corrected chi connectivity index (χ1v) is 7.14. The molecule has 3 unspecified atom stereocenters. The van der Waals surface area contributed by atoms with E-state index in [1.54, 1.807) is 6.07 Å². The molecule has 1 amide bonds. The van der Waals surface area contributed by atoms with Gasteiger partial charge in [-0.05, 0) is 55.7 Å². The van der Waals surface area contributed by atoms with Crippen LogP contribution in [-0.2, 0) is 0 Å². The number of nitrogen functional groups attached to an aromatic ring is 1. The van der Waals surface area contributed by atoms with Crippen LogP contribution in [0.25, 0.3) is 0 Å². The maximum Gasteiger partial charge on any atom is 0.251 e. The van der Waals surface area contributed by atoms with Crippen LogP contribution in [0.4, 0.5) is 5.69 Å². The van der Waals surface area contributed by atoms with Crippen molar-refractivity contribution in [2.24, 2.45) is 11.8 Å². The molecule has 3 N–H and O–H groups in total. The quantitative estimate of drug-likeness (QED) is 0.803. The van der Waals surface area contributed by atoms with Gasteiger partial charge in [0.2, 0.25) is 0 Å². The number of aryl methyl sites for hydroxylation is 1. The first-order valence-electron chi connectivity index (χ1n) is 7.14. The normalized spacial score (nSPS) is 27.0. The lowest BCUT2D eigenvalue weighted by molar-refractivity contribution is 0.0899. The van der Waals surface area contributed by atoms with Crippen LogP contribution in [0.2, 0.25) is 0 Å². The molecule has 1 fully saturated rings. The van der Waals surface area contributed by atoms with Gasteiger partial charge in [-0.1, -0.05) is 19.9 Å². The van der Waals surface area contributed by atoms with E-state index >= 15 is 0 Å². The van der Waals surface area contributed by atoms with E-state index in [1.165, 1.54) is 12.8 Å². The molecular formula is C16H24N2O. The molecule has 3 nitrogen and oxygen atoms in total. The van der Waals surface area contributed by atoms with Crippen molar-refractivity contribution in [1.82, 2.24) is 5.32 Å². The van der Waals surface area contributed by atoms with Crippen LogP contribution in [-0.4, -0.2) is 11.9 Å². The molecule has 0 aliphatic heterocycles. The third-order valence-electron chi connectivity index (χ3n) is 4.25. The number of amides is 1. The minimum absolute atomic E-state index is 0.0104. The molecule has 1 aromatic carbocycles. The summed E-state index contributed by atoms with van der Waals surface area (Å²) in [6.07, 6.45) is 3.47. The minimum atomic E-state index is 0.0104. The van der Waals surface area contributed by atoms with E-state index < -0.39 is 0 Å². The van der Waals surface area contributed by atoms with E-state index in [2.05, 4.69) is 19.2 Å². The van der Waals surface area contributed by atoms with E-state index in [4.69, 9.17) is 5.73 Å². The van der Waals surface area contributed by atoms with Crippen LogP contribution in [0.5, 0.6) is 0 Å². The fraction of sp³-hybridized carbons (Fsp3) is 0.562. The highest BCUT2D eigenvalue weighted by Crippen LogP contribution is 2.29. The van der Waals surface area contributed by atoms with E-state index in [1.807, 2.05) is 19.1 Å². The zero-order chi connectivity index (χ0) is 14.0. The van der Waals surface area contributed by atoms with Gasteiger partial charge in [-0.15, -0.1) is 0 Å². The van der Waals surface area contributed by atoms with Crippen molar-refractivity contribution in [3.63, 3.8) is 0 Å². The van der Waals surface area contributed by atoms with Crippen LogP contribution >= 0.6 is 0 Å². The molecule has 0 radical (unpaired) electrons. The third kappa shape index (κ3) is 3.28. The summed E-state index contributed by atoms with van der Waals surface area (Å²) >= 11 is 0. The van der Waals surface area contributed by atoms with Gasteiger partial charge in [-0.25, -0.2) is 0 Å². The van der Waals surface area contributed by atoms with Gasteiger partial charge in [-0.2, -0.15) is 0 Å². The Labute approximate surface area is 115 Å². The van der Waals surface area contributed by atoms with Gasteiger partial charge in [0.25, 0.3) is 5.91 Å². The summed E-state index contributed by atoms with van der Waals surface area (Å²) in [7, 11) is 0. The molecule has 0 saturated heterocycles. The molecule has 1 saturated carbocycles. The Hall–Kier alpha value is -1.51. The Bertz CT molecular complexity index is 470. The van der Waals surface area contributed by atoms with Crippen LogP contribution in [0, 0.1) is 18.8 Å². The third-order valence-corrected chi connectivity index (χ3v) is 4.25. The van der Waals surface area contributed by atoms with Gasteiger partial charge < -0.3 is 11.1 Å². The van der Waals surface area contributed by atoms with Gasteiger partial charge >= 0.3 is 0 Å². The predicted octanol–water partition coefficient (Wildman–Crippen LogP) is 3.13. The Morgan fingerprint density at radius 3 is 2.74 bits per heavy atom. The molecule has 0 heterocycles. The molecule has 1 aliphatic carbocycles. The number of nitrogens with two attached hydrogens (primary N) is 1. The summed E-state index contributed by atoms with van der Waals surface area (Å²) in [6.45, 7) is 6.46. The fourth-order valence-corrected chi connectivity index (χ4v) is 3.01. The van der Waals surface area contributed by atoms with Gasteiger partial charge in [-0.3, -0.25) is 4.79 Å². The molecule has 0 spiro atoms. The number of hydrogen-bond donors (Lipinski definition) is 2. The lowest BCUT2D eigenvalue weighted by Crippen LogP contribution is -2.42.